The quantitative estimate of drug-likeness (QED) is 0.668. The summed E-state index contributed by atoms with van der Waals surface area (Å²) in [4.78, 5) is 41.6. The Labute approximate surface area is 185 Å². The summed E-state index contributed by atoms with van der Waals surface area (Å²) in [6.07, 6.45) is 2.08. The van der Waals surface area contributed by atoms with E-state index in [4.69, 9.17) is 0 Å². The molecule has 1 aliphatic heterocycles. The van der Waals surface area contributed by atoms with Gasteiger partial charge in [0.1, 0.15) is 12.1 Å². The van der Waals surface area contributed by atoms with Crippen LogP contribution in [0.15, 0.2) is 48.5 Å². The topological polar surface area (TPSA) is 69.7 Å². The van der Waals surface area contributed by atoms with Gasteiger partial charge >= 0.3 is 6.03 Å². The number of imide groups is 1. The maximum Gasteiger partial charge on any atom is 0.325 e. The van der Waals surface area contributed by atoms with E-state index in [1.807, 2.05) is 37.3 Å². The first-order valence-corrected chi connectivity index (χ1v) is 10.6. The van der Waals surface area contributed by atoms with Crippen molar-refractivity contribution >= 4 is 17.8 Å². The van der Waals surface area contributed by atoms with E-state index < -0.39 is 35.7 Å². The molecular formula is C24H25F2N3O3. The zero-order chi connectivity index (χ0) is 23.0. The molecule has 8 heteroatoms. The molecule has 1 saturated carbocycles. The second-order valence-electron chi connectivity index (χ2n) is 8.66. The first kappa shape index (κ1) is 21.9. The molecule has 4 rings (SSSR count). The Bertz CT molecular complexity index is 1060. The van der Waals surface area contributed by atoms with Crippen molar-refractivity contribution in [2.75, 3.05) is 6.54 Å². The van der Waals surface area contributed by atoms with Crippen LogP contribution in [0.3, 0.4) is 0 Å². The fraction of sp³-hybridized carbons (Fsp3) is 0.375. The third kappa shape index (κ3) is 4.09. The average molecular weight is 441 g/mol. The van der Waals surface area contributed by atoms with Gasteiger partial charge in [-0.2, -0.15) is 0 Å². The lowest BCUT2D eigenvalue weighted by molar-refractivity contribution is -0.140. The van der Waals surface area contributed by atoms with Gasteiger partial charge < -0.3 is 10.2 Å². The van der Waals surface area contributed by atoms with Gasteiger partial charge in [-0.25, -0.2) is 13.6 Å². The summed E-state index contributed by atoms with van der Waals surface area (Å²) in [5.41, 5.74) is -0.521. The molecule has 2 atom stereocenters. The lowest BCUT2D eigenvalue weighted by atomic mass is 9.92. The summed E-state index contributed by atoms with van der Waals surface area (Å²) in [6.45, 7) is 3.35. The zero-order valence-corrected chi connectivity index (χ0v) is 18.0. The Morgan fingerprint density at radius 3 is 2.47 bits per heavy atom. The highest BCUT2D eigenvalue weighted by molar-refractivity contribution is 6.09. The van der Waals surface area contributed by atoms with E-state index in [9.17, 15) is 23.2 Å². The number of amides is 4. The van der Waals surface area contributed by atoms with E-state index in [1.165, 1.54) is 13.0 Å². The van der Waals surface area contributed by atoms with Gasteiger partial charge in [-0.1, -0.05) is 36.4 Å². The van der Waals surface area contributed by atoms with Crippen LogP contribution in [-0.4, -0.2) is 40.2 Å². The molecule has 2 aliphatic rings. The van der Waals surface area contributed by atoms with Crippen molar-refractivity contribution in [3.05, 3.63) is 71.3 Å². The third-order valence-electron chi connectivity index (χ3n) is 6.38. The van der Waals surface area contributed by atoms with Crippen LogP contribution < -0.4 is 5.32 Å². The number of hydrogen-bond acceptors (Lipinski definition) is 3. The summed E-state index contributed by atoms with van der Waals surface area (Å²) < 4.78 is 27.1. The smallest absolute Gasteiger partial charge is 0.325 e. The number of nitrogens with zero attached hydrogens (tertiary/aromatic N) is 2. The summed E-state index contributed by atoms with van der Waals surface area (Å²) in [5.74, 6) is -2.79. The van der Waals surface area contributed by atoms with E-state index in [0.29, 0.717) is 12.5 Å². The molecule has 1 heterocycles. The third-order valence-corrected chi connectivity index (χ3v) is 6.38. The standard InChI is InChI=1S/C24H25F2N3O3/c1-15(17-8-9-17)28(13-16-6-4-3-5-7-16)21(30)14-29-22(31)24(2,27-23(29)32)18-10-11-19(25)20(26)12-18/h3-7,10-12,15,17H,8-9,13-14H2,1-2H3,(H,27,32). The van der Waals surface area contributed by atoms with E-state index in [0.717, 1.165) is 35.4 Å². The monoisotopic (exact) mass is 441 g/mol. The maximum atomic E-state index is 13.7. The zero-order valence-electron chi connectivity index (χ0n) is 18.0. The number of carbonyl (C=O) groups excluding carboxylic acids is 3. The van der Waals surface area contributed by atoms with Crippen LogP contribution in [0.2, 0.25) is 0 Å². The highest BCUT2D eigenvalue weighted by Crippen LogP contribution is 2.36. The molecule has 0 bridgehead atoms. The van der Waals surface area contributed by atoms with E-state index in [1.54, 1.807) is 4.90 Å². The van der Waals surface area contributed by atoms with Crippen LogP contribution in [0.5, 0.6) is 0 Å². The number of hydrogen-bond donors (Lipinski definition) is 1. The van der Waals surface area contributed by atoms with Crippen LogP contribution >= 0.6 is 0 Å². The predicted molar refractivity (Wildman–Crippen MR) is 113 cm³/mol. The fourth-order valence-electron chi connectivity index (χ4n) is 4.14. The van der Waals surface area contributed by atoms with Crippen molar-refractivity contribution in [2.24, 2.45) is 5.92 Å². The first-order chi connectivity index (χ1) is 15.2. The largest absolute Gasteiger partial charge is 0.334 e. The molecule has 32 heavy (non-hydrogen) atoms. The van der Waals surface area contributed by atoms with Gasteiger partial charge in [0.15, 0.2) is 11.6 Å². The molecule has 2 fully saturated rings. The molecule has 2 aromatic rings. The maximum absolute atomic E-state index is 13.7. The Hall–Kier alpha value is -3.29. The van der Waals surface area contributed by atoms with Crippen molar-refractivity contribution in [3.8, 4) is 0 Å². The van der Waals surface area contributed by atoms with E-state index in [2.05, 4.69) is 5.32 Å². The minimum atomic E-state index is -1.59. The summed E-state index contributed by atoms with van der Waals surface area (Å²) in [6, 6.07) is 11.8. The number of benzene rings is 2. The van der Waals surface area contributed by atoms with Gasteiger partial charge in [-0.05, 0) is 55.9 Å². The van der Waals surface area contributed by atoms with Gasteiger partial charge in [-0.15, -0.1) is 0 Å². The van der Waals surface area contributed by atoms with Crippen molar-refractivity contribution in [1.82, 2.24) is 15.1 Å². The normalized spacial score (nSPS) is 21.4. The molecule has 4 amide bonds. The highest BCUT2D eigenvalue weighted by atomic mass is 19.2. The molecule has 168 valence electrons. The molecular weight excluding hydrogens is 416 g/mol. The second kappa shape index (κ2) is 8.33. The molecule has 1 N–H and O–H groups in total. The minimum Gasteiger partial charge on any atom is -0.334 e. The molecule has 2 unspecified atom stereocenters. The van der Waals surface area contributed by atoms with Crippen molar-refractivity contribution in [1.29, 1.82) is 0 Å². The first-order valence-electron chi connectivity index (χ1n) is 10.6. The molecule has 1 aliphatic carbocycles. The predicted octanol–water partition coefficient (Wildman–Crippen LogP) is 3.56. The molecule has 6 nitrogen and oxygen atoms in total. The SMILES string of the molecule is CC(C1CC1)N(Cc1ccccc1)C(=O)CN1C(=O)NC(C)(c2ccc(F)c(F)c2)C1=O. The number of urea groups is 1. The molecule has 0 aromatic heterocycles. The van der Waals surface area contributed by atoms with Gasteiger partial charge in [0.25, 0.3) is 5.91 Å². The summed E-state index contributed by atoms with van der Waals surface area (Å²) in [5, 5.41) is 2.53. The lowest BCUT2D eigenvalue weighted by Gasteiger charge is -2.31. The van der Waals surface area contributed by atoms with Gasteiger partial charge in [0.2, 0.25) is 5.91 Å². The Morgan fingerprint density at radius 2 is 1.84 bits per heavy atom. The van der Waals surface area contributed by atoms with Gasteiger partial charge in [0.05, 0.1) is 0 Å². The molecule has 0 spiro atoms. The van der Waals surface area contributed by atoms with Crippen LogP contribution in [0, 0.1) is 17.6 Å². The van der Waals surface area contributed by atoms with Gasteiger partial charge in [0, 0.05) is 12.6 Å². The van der Waals surface area contributed by atoms with Gasteiger partial charge in [-0.3, -0.25) is 14.5 Å². The fourth-order valence-corrected chi connectivity index (χ4v) is 4.14. The van der Waals surface area contributed by atoms with Crippen LogP contribution in [0.1, 0.15) is 37.8 Å². The summed E-state index contributed by atoms with van der Waals surface area (Å²) >= 11 is 0. The Morgan fingerprint density at radius 1 is 1.16 bits per heavy atom. The highest BCUT2D eigenvalue weighted by Gasteiger charge is 2.50. The minimum absolute atomic E-state index is 0.0268. The van der Waals surface area contributed by atoms with E-state index >= 15 is 0 Å². The number of nitrogens with one attached hydrogen (secondary N) is 1. The van der Waals surface area contributed by atoms with E-state index in [-0.39, 0.29) is 17.5 Å². The molecule has 1 saturated heterocycles. The number of halogens is 2. The average Bonchev–Trinajstić information content (AvgIpc) is 3.59. The van der Waals surface area contributed by atoms with Crippen LogP contribution in [0.4, 0.5) is 13.6 Å². The lowest BCUT2D eigenvalue weighted by Crippen LogP contribution is -2.47. The molecule has 2 aromatic carbocycles. The van der Waals surface area contributed by atoms with Crippen LogP contribution in [0.25, 0.3) is 0 Å². The van der Waals surface area contributed by atoms with Crippen molar-refractivity contribution in [2.45, 2.75) is 44.8 Å². The Balaban J connectivity index is 1.54. The number of rotatable bonds is 7. The van der Waals surface area contributed by atoms with Crippen molar-refractivity contribution in [3.63, 3.8) is 0 Å². The molecule has 0 radical (unpaired) electrons. The second-order valence-corrected chi connectivity index (χ2v) is 8.66. The van der Waals surface area contributed by atoms with Crippen molar-refractivity contribution < 1.29 is 23.2 Å². The Kier molecular flexibility index (Phi) is 5.71. The van der Waals surface area contributed by atoms with Crippen LogP contribution in [-0.2, 0) is 21.7 Å². The number of carbonyl (C=O) groups is 3. The summed E-state index contributed by atoms with van der Waals surface area (Å²) in [7, 11) is 0.